The highest BCUT2D eigenvalue weighted by Gasteiger charge is 2.32. The van der Waals surface area contributed by atoms with Crippen LogP contribution in [-0.2, 0) is 10.0 Å². The molecule has 5 nitrogen and oxygen atoms in total. The van der Waals surface area contributed by atoms with Gasteiger partial charge in [-0.2, -0.15) is 4.31 Å². The van der Waals surface area contributed by atoms with Gasteiger partial charge in [-0.25, -0.2) is 8.42 Å². The van der Waals surface area contributed by atoms with Gasteiger partial charge in [-0.05, 0) is 19.1 Å². The number of benzene rings is 1. The number of ether oxygens (including phenoxy) is 1. The van der Waals surface area contributed by atoms with Crippen molar-refractivity contribution in [3.05, 3.63) is 24.3 Å². The molecule has 0 saturated heterocycles. The van der Waals surface area contributed by atoms with E-state index < -0.39 is 28.2 Å². The lowest BCUT2D eigenvalue weighted by atomic mass is 10.3. The van der Waals surface area contributed by atoms with Crippen LogP contribution < -0.4 is 10.5 Å². The van der Waals surface area contributed by atoms with Gasteiger partial charge in [-0.15, -0.1) is 25.6 Å². The van der Waals surface area contributed by atoms with Gasteiger partial charge in [-0.3, -0.25) is 0 Å². The average Bonchev–Trinajstić information content (AvgIpc) is 2.35. The van der Waals surface area contributed by atoms with Gasteiger partial charge in [0.2, 0.25) is 10.0 Å². The Morgan fingerprint density at radius 2 is 1.95 bits per heavy atom. The Kier molecular flexibility index (Phi) is 6.94. The number of nitrogens with zero attached hydrogens (tertiary/aromatic N) is 1. The Morgan fingerprint density at radius 1 is 1.38 bits per heavy atom. The molecule has 0 spiro atoms. The molecule has 21 heavy (non-hydrogen) atoms. The Hall–Kier alpha value is -1.03. The fourth-order valence-electron chi connectivity index (χ4n) is 1.38. The predicted octanol–water partition coefficient (Wildman–Crippen LogP) is 1.97. The Bertz CT molecular complexity index is 566. The number of sulfonamides is 1. The van der Waals surface area contributed by atoms with Crippen molar-refractivity contribution in [2.45, 2.75) is 24.2 Å². The second kappa shape index (κ2) is 7.30. The van der Waals surface area contributed by atoms with Crippen molar-refractivity contribution in [1.82, 2.24) is 4.31 Å². The summed E-state index contributed by atoms with van der Waals surface area (Å²) in [4.78, 5) is -0.290. The summed E-state index contributed by atoms with van der Waals surface area (Å²) in [6.07, 6.45) is -4.88. The zero-order valence-electron chi connectivity index (χ0n) is 11.3. The van der Waals surface area contributed by atoms with Crippen LogP contribution in [0, 0.1) is 0 Å². The van der Waals surface area contributed by atoms with E-state index in [1.54, 1.807) is 6.92 Å². The van der Waals surface area contributed by atoms with E-state index in [2.05, 4.69) is 4.74 Å². The first kappa shape index (κ1) is 20.0. The molecule has 1 aromatic carbocycles. The third kappa shape index (κ3) is 5.34. The molecule has 1 unspecified atom stereocenters. The maximum atomic E-state index is 12.2. The van der Waals surface area contributed by atoms with Gasteiger partial charge in [0.05, 0.1) is 4.90 Å². The smallest absolute Gasteiger partial charge is 0.406 e. The largest absolute Gasteiger partial charge is 0.573 e. The Morgan fingerprint density at radius 3 is 2.43 bits per heavy atom. The topological polar surface area (TPSA) is 72.6 Å². The third-order valence-corrected chi connectivity index (χ3v) is 4.65. The highest BCUT2D eigenvalue weighted by atomic mass is 35.5. The number of hydrogen-bond acceptors (Lipinski definition) is 4. The molecule has 0 aromatic heterocycles. The van der Waals surface area contributed by atoms with Gasteiger partial charge in [0.15, 0.2) is 0 Å². The van der Waals surface area contributed by atoms with E-state index in [1.165, 1.54) is 19.2 Å². The highest BCUT2D eigenvalue weighted by Crippen LogP contribution is 2.26. The van der Waals surface area contributed by atoms with Crippen LogP contribution in [0.25, 0.3) is 0 Å². The molecule has 122 valence electrons. The first-order chi connectivity index (χ1) is 9.08. The van der Waals surface area contributed by atoms with Crippen molar-refractivity contribution in [2.24, 2.45) is 5.73 Å². The zero-order chi connectivity index (χ0) is 15.6. The van der Waals surface area contributed by atoms with Gasteiger partial charge in [0.1, 0.15) is 5.75 Å². The molecule has 1 aromatic rings. The molecule has 0 aliphatic rings. The lowest BCUT2D eigenvalue weighted by Crippen LogP contribution is -2.39. The molecule has 0 aliphatic heterocycles. The normalized spacial score (nSPS) is 13.7. The van der Waals surface area contributed by atoms with E-state index in [-0.39, 0.29) is 23.8 Å². The van der Waals surface area contributed by atoms with E-state index in [9.17, 15) is 21.6 Å². The van der Waals surface area contributed by atoms with E-state index in [4.69, 9.17) is 5.73 Å². The standard InChI is InChI=1S/C11H15F3N2O3S.ClH/c1-8(7-15)16(2)20(17,18)10-5-3-4-9(6-10)19-11(12,13)14;/h3-6,8H,7,15H2,1-2H3;1H. The fraction of sp³-hybridized carbons (Fsp3) is 0.455. The first-order valence-electron chi connectivity index (χ1n) is 5.62. The molecular formula is C11H16ClF3N2O3S. The number of hydrogen-bond donors (Lipinski definition) is 1. The summed E-state index contributed by atoms with van der Waals surface area (Å²) < 4.78 is 65.4. The zero-order valence-corrected chi connectivity index (χ0v) is 12.9. The molecule has 0 amide bonds. The molecule has 0 fully saturated rings. The molecule has 10 heteroatoms. The molecule has 0 bridgehead atoms. The van der Waals surface area contributed by atoms with Crippen LogP contribution in [0.1, 0.15) is 6.92 Å². The second-order valence-corrected chi connectivity index (χ2v) is 6.13. The highest BCUT2D eigenvalue weighted by molar-refractivity contribution is 7.89. The number of halogens is 4. The molecule has 2 N–H and O–H groups in total. The van der Waals surface area contributed by atoms with Crippen LogP contribution in [0.2, 0.25) is 0 Å². The van der Waals surface area contributed by atoms with Crippen LogP contribution in [0.3, 0.4) is 0 Å². The van der Waals surface area contributed by atoms with Crippen molar-refractivity contribution in [1.29, 1.82) is 0 Å². The Balaban J connectivity index is 0.00000400. The van der Waals surface area contributed by atoms with E-state index >= 15 is 0 Å². The van der Waals surface area contributed by atoms with Gasteiger partial charge in [0, 0.05) is 25.7 Å². The molecule has 0 aliphatic carbocycles. The van der Waals surface area contributed by atoms with Crippen molar-refractivity contribution in [2.75, 3.05) is 13.6 Å². The van der Waals surface area contributed by atoms with E-state index in [0.29, 0.717) is 0 Å². The average molecular weight is 349 g/mol. The number of rotatable bonds is 5. The molecule has 0 saturated carbocycles. The van der Waals surface area contributed by atoms with Gasteiger partial charge < -0.3 is 10.5 Å². The number of likely N-dealkylation sites (N-methyl/N-ethyl adjacent to an activating group) is 1. The minimum absolute atomic E-state index is 0. The number of nitrogens with two attached hydrogens (primary N) is 1. The van der Waals surface area contributed by atoms with Gasteiger partial charge in [0.25, 0.3) is 0 Å². The van der Waals surface area contributed by atoms with Crippen LogP contribution >= 0.6 is 12.4 Å². The monoisotopic (exact) mass is 348 g/mol. The van der Waals surface area contributed by atoms with E-state index in [0.717, 1.165) is 16.4 Å². The van der Waals surface area contributed by atoms with Crippen molar-refractivity contribution < 1.29 is 26.3 Å². The summed E-state index contributed by atoms with van der Waals surface area (Å²) in [6, 6.07) is 3.74. The fourth-order valence-corrected chi connectivity index (χ4v) is 2.79. The quantitative estimate of drug-likeness (QED) is 0.883. The number of alkyl halides is 3. The van der Waals surface area contributed by atoms with Crippen LogP contribution in [-0.4, -0.2) is 38.7 Å². The molecule has 0 radical (unpaired) electrons. The summed E-state index contributed by atoms with van der Waals surface area (Å²) in [5.41, 5.74) is 5.38. The lowest BCUT2D eigenvalue weighted by molar-refractivity contribution is -0.274. The van der Waals surface area contributed by atoms with Crippen molar-refractivity contribution in [3.8, 4) is 5.75 Å². The predicted molar refractivity (Wildman–Crippen MR) is 73.8 cm³/mol. The maximum Gasteiger partial charge on any atom is 0.573 e. The summed E-state index contributed by atoms with van der Waals surface area (Å²) >= 11 is 0. The summed E-state index contributed by atoms with van der Waals surface area (Å²) in [5.74, 6) is -0.590. The van der Waals surface area contributed by atoms with E-state index in [1.807, 2.05) is 0 Å². The van der Waals surface area contributed by atoms with Crippen molar-refractivity contribution >= 4 is 22.4 Å². The minimum Gasteiger partial charge on any atom is -0.406 e. The summed E-state index contributed by atoms with van der Waals surface area (Å²) in [5, 5.41) is 0. The van der Waals surface area contributed by atoms with Gasteiger partial charge >= 0.3 is 6.36 Å². The van der Waals surface area contributed by atoms with Gasteiger partial charge in [-0.1, -0.05) is 6.07 Å². The summed E-state index contributed by atoms with van der Waals surface area (Å²) in [7, 11) is -2.61. The van der Waals surface area contributed by atoms with Crippen LogP contribution in [0.5, 0.6) is 5.75 Å². The summed E-state index contributed by atoms with van der Waals surface area (Å²) in [6.45, 7) is 1.68. The molecule has 1 atom stereocenters. The maximum absolute atomic E-state index is 12.2. The van der Waals surface area contributed by atoms with Crippen LogP contribution in [0.15, 0.2) is 29.2 Å². The third-order valence-electron chi connectivity index (χ3n) is 2.68. The first-order valence-corrected chi connectivity index (χ1v) is 7.06. The molecule has 1 rings (SSSR count). The Labute approximate surface area is 127 Å². The SMILES string of the molecule is CC(CN)N(C)S(=O)(=O)c1cccc(OC(F)(F)F)c1.Cl. The minimum atomic E-state index is -4.88. The van der Waals surface area contributed by atoms with Crippen molar-refractivity contribution in [3.63, 3.8) is 0 Å². The van der Waals surface area contributed by atoms with Crippen LogP contribution in [0.4, 0.5) is 13.2 Å². The molecular weight excluding hydrogens is 333 g/mol. The second-order valence-electron chi connectivity index (χ2n) is 4.13. The molecule has 0 heterocycles. The lowest BCUT2D eigenvalue weighted by Gasteiger charge is -2.23.